The van der Waals surface area contributed by atoms with Crippen LogP contribution in [0.15, 0.2) is 35.5 Å². The first-order valence-corrected chi connectivity index (χ1v) is 6.40. The molecular formula is C14H21N3O2. The van der Waals surface area contributed by atoms with E-state index >= 15 is 0 Å². The molecule has 0 radical (unpaired) electrons. The van der Waals surface area contributed by atoms with Crippen LogP contribution in [0, 0.1) is 0 Å². The van der Waals surface area contributed by atoms with Gasteiger partial charge >= 0.3 is 0 Å². The maximum absolute atomic E-state index is 12.4. The first kappa shape index (κ1) is 15.0. The minimum absolute atomic E-state index is 0.0142. The third-order valence-electron chi connectivity index (χ3n) is 2.96. The summed E-state index contributed by atoms with van der Waals surface area (Å²) in [6.45, 7) is 4.60. The molecule has 1 atom stereocenters. The van der Waals surface area contributed by atoms with Gasteiger partial charge in [0.1, 0.15) is 0 Å². The predicted octanol–water partition coefficient (Wildman–Crippen LogP) is 1.78. The summed E-state index contributed by atoms with van der Waals surface area (Å²) in [5.74, 6) is -0.207. The Morgan fingerprint density at radius 2 is 2.05 bits per heavy atom. The number of nitrogens with zero attached hydrogens (tertiary/aromatic N) is 2. The van der Waals surface area contributed by atoms with Crippen molar-refractivity contribution in [2.45, 2.75) is 26.2 Å². The summed E-state index contributed by atoms with van der Waals surface area (Å²) in [6, 6.07) is 9.59. The van der Waals surface area contributed by atoms with Crippen molar-refractivity contribution in [1.29, 1.82) is 0 Å². The SMILES string of the molecule is CCCN(C/C(N)=N/O)C(=O)C(C)c1ccccc1. The molecule has 5 heteroatoms. The molecule has 19 heavy (non-hydrogen) atoms. The Kier molecular flexibility index (Phi) is 5.85. The highest BCUT2D eigenvalue weighted by Gasteiger charge is 2.22. The molecule has 0 aromatic heterocycles. The number of amides is 1. The molecule has 5 nitrogen and oxygen atoms in total. The van der Waals surface area contributed by atoms with E-state index in [1.807, 2.05) is 44.2 Å². The van der Waals surface area contributed by atoms with E-state index in [0.29, 0.717) is 6.54 Å². The molecule has 1 amide bonds. The first-order valence-electron chi connectivity index (χ1n) is 6.40. The topological polar surface area (TPSA) is 78.9 Å². The second-order valence-electron chi connectivity index (χ2n) is 4.48. The molecule has 0 spiro atoms. The molecule has 0 aliphatic heterocycles. The monoisotopic (exact) mass is 263 g/mol. The third kappa shape index (κ3) is 4.28. The van der Waals surface area contributed by atoms with E-state index in [9.17, 15) is 4.79 Å². The van der Waals surface area contributed by atoms with Crippen molar-refractivity contribution in [3.8, 4) is 0 Å². The van der Waals surface area contributed by atoms with Crippen molar-refractivity contribution in [2.24, 2.45) is 10.9 Å². The quantitative estimate of drug-likeness (QED) is 0.355. The summed E-state index contributed by atoms with van der Waals surface area (Å²) in [4.78, 5) is 14.0. The van der Waals surface area contributed by atoms with E-state index in [2.05, 4.69) is 5.16 Å². The van der Waals surface area contributed by atoms with Crippen LogP contribution in [0.3, 0.4) is 0 Å². The second-order valence-corrected chi connectivity index (χ2v) is 4.48. The smallest absolute Gasteiger partial charge is 0.230 e. The lowest BCUT2D eigenvalue weighted by molar-refractivity contribution is -0.131. The van der Waals surface area contributed by atoms with E-state index in [1.54, 1.807) is 4.90 Å². The van der Waals surface area contributed by atoms with E-state index in [-0.39, 0.29) is 24.2 Å². The fourth-order valence-corrected chi connectivity index (χ4v) is 1.92. The van der Waals surface area contributed by atoms with Gasteiger partial charge in [0.05, 0.1) is 12.5 Å². The van der Waals surface area contributed by atoms with Crippen molar-refractivity contribution in [3.63, 3.8) is 0 Å². The number of carbonyl (C=O) groups is 1. The van der Waals surface area contributed by atoms with Gasteiger partial charge in [0.2, 0.25) is 5.91 Å². The van der Waals surface area contributed by atoms with E-state index in [0.717, 1.165) is 12.0 Å². The van der Waals surface area contributed by atoms with Crippen molar-refractivity contribution in [3.05, 3.63) is 35.9 Å². The average molecular weight is 263 g/mol. The van der Waals surface area contributed by atoms with Crippen LogP contribution in [0.1, 0.15) is 31.7 Å². The highest BCUT2D eigenvalue weighted by molar-refractivity contribution is 5.89. The maximum atomic E-state index is 12.4. The fraction of sp³-hybridized carbons (Fsp3) is 0.429. The number of hydrogen-bond donors (Lipinski definition) is 2. The van der Waals surface area contributed by atoms with Crippen LogP contribution in [0.2, 0.25) is 0 Å². The van der Waals surface area contributed by atoms with Gasteiger partial charge in [0.25, 0.3) is 0 Å². The number of nitrogens with two attached hydrogens (primary N) is 1. The molecule has 1 unspecified atom stereocenters. The minimum atomic E-state index is -0.237. The molecule has 0 fully saturated rings. The van der Waals surface area contributed by atoms with Gasteiger partial charge < -0.3 is 15.8 Å². The van der Waals surface area contributed by atoms with Gasteiger partial charge in [-0.3, -0.25) is 4.79 Å². The minimum Gasteiger partial charge on any atom is -0.409 e. The molecule has 3 N–H and O–H groups in total. The third-order valence-corrected chi connectivity index (χ3v) is 2.96. The van der Waals surface area contributed by atoms with Crippen LogP contribution in [-0.4, -0.2) is 34.9 Å². The van der Waals surface area contributed by atoms with E-state index in [1.165, 1.54) is 0 Å². The molecule has 0 heterocycles. The summed E-state index contributed by atoms with van der Waals surface area (Å²) >= 11 is 0. The molecule has 0 aliphatic rings. The maximum Gasteiger partial charge on any atom is 0.230 e. The van der Waals surface area contributed by atoms with Crippen molar-refractivity contribution >= 4 is 11.7 Å². The number of hydrogen-bond acceptors (Lipinski definition) is 3. The zero-order valence-corrected chi connectivity index (χ0v) is 11.4. The van der Waals surface area contributed by atoms with Gasteiger partial charge in [-0.15, -0.1) is 0 Å². The summed E-state index contributed by atoms with van der Waals surface area (Å²) in [5, 5.41) is 11.5. The lowest BCUT2D eigenvalue weighted by atomic mass is 9.99. The van der Waals surface area contributed by atoms with Crippen LogP contribution in [-0.2, 0) is 4.79 Å². The average Bonchev–Trinajstić information content (AvgIpc) is 2.46. The van der Waals surface area contributed by atoms with Crippen LogP contribution in [0.5, 0.6) is 0 Å². The summed E-state index contributed by atoms with van der Waals surface area (Å²) in [5.41, 5.74) is 6.45. The zero-order chi connectivity index (χ0) is 14.3. The van der Waals surface area contributed by atoms with Crippen LogP contribution < -0.4 is 5.73 Å². The van der Waals surface area contributed by atoms with Gasteiger partial charge in [-0.05, 0) is 18.9 Å². The highest BCUT2D eigenvalue weighted by Crippen LogP contribution is 2.17. The Balaban J connectivity index is 2.81. The molecule has 1 rings (SSSR count). The molecule has 0 bridgehead atoms. The van der Waals surface area contributed by atoms with Crippen LogP contribution in [0.25, 0.3) is 0 Å². The van der Waals surface area contributed by atoms with Crippen LogP contribution in [0.4, 0.5) is 0 Å². The molecule has 104 valence electrons. The Morgan fingerprint density at radius 3 is 2.58 bits per heavy atom. The van der Waals surface area contributed by atoms with Gasteiger partial charge in [0, 0.05) is 6.54 Å². The molecule has 0 saturated heterocycles. The predicted molar refractivity (Wildman–Crippen MR) is 75.1 cm³/mol. The molecule has 1 aromatic rings. The number of amidine groups is 1. The summed E-state index contributed by atoms with van der Waals surface area (Å²) in [7, 11) is 0. The lowest BCUT2D eigenvalue weighted by Gasteiger charge is -2.25. The fourth-order valence-electron chi connectivity index (χ4n) is 1.92. The molecule has 1 aromatic carbocycles. The standard InChI is InChI=1S/C14H21N3O2/c1-3-9-17(10-13(15)16-19)14(18)11(2)12-7-5-4-6-8-12/h4-8,11,19H,3,9-10H2,1-2H3,(H2,15,16). The summed E-state index contributed by atoms with van der Waals surface area (Å²) in [6.07, 6.45) is 0.825. The highest BCUT2D eigenvalue weighted by atomic mass is 16.4. The molecule has 0 saturated carbocycles. The molecule has 0 aliphatic carbocycles. The lowest BCUT2D eigenvalue weighted by Crippen LogP contribution is -2.41. The number of benzene rings is 1. The number of carbonyl (C=O) groups excluding carboxylic acids is 1. The van der Waals surface area contributed by atoms with Gasteiger partial charge in [-0.2, -0.15) is 0 Å². The Morgan fingerprint density at radius 1 is 1.42 bits per heavy atom. The Bertz CT molecular complexity index is 432. The van der Waals surface area contributed by atoms with Crippen LogP contribution >= 0.6 is 0 Å². The number of oxime groups is 1. The number of rotatable bonds is 6. The van der Waals surface area contributed by atoms with Gasteiger partial charge in [0.15, 0.2) is 5.84 Å². The van der Waals surface area contributed by atoms with E-state index < -0.39 is 0 Å². The largest absolute Gasteiger partial charge is 0.409 e. The van der Waals surface area contributed by atoms with E-state index in [4.69, 9.17) is 10.9 Å². The van der Waals surface area contributed by atoms with Crippen molar-refractivity contribution in [2.75, 3.05) is 13.1 Å². The van der Waals surface area contributed by atoms with Gasteiger partial charge in [-0.25, -0.2) is 0 Å². The van der Waals surface area contributed by atoms with Crippen molar-refractivity contribution in [1.82, 2.24) is 4.90 Å². The molecular weight excluding hydrogens is 242 g/mol. The summed E-state index contributed by atoms with van der Waals surface area (Å²) < 4.78 is 0. The normalized spacial score (nSPS) is 13.1. The second kappa shape index (κ2) is 7.41. The Hall–Kier alpha value is -2.04. The van der Waals surface area contributed by atoms with Crippen molar-refractivity contribution < 1.29 is 10.0 Å². The zero-order valence-electron chi connectivity index (χ0n) is 11.4. The first-order chi connectivity index (χ1) is 9.10. The van der Waals surface area contributed by atoms with Gasteiger partial charge in [-0.1, -0.05) is 42.4 Å². The Labute approximate surface area is 113 Å².